The minimum absolute atomic E-state index is 0.137. The topological polar surface area (TPSA) is 26.3 Å². The molecule has 0 radical (unpaired) electrons. The van der Waals surface area contributed by atoms with Crippen LogP contribution in [0.25, 0.3) is 0 Å². The minimum atomic E-state index is -6.96. The molecule has 1 unspecified atom stereocenters. The highest BCUT2D eigenvalue weighted by Gasteiger charge is 2.81. The van der Waals surface area contributed by atoms with Gasteiger partial charge in [-0.15, -0.1) is 11.6 Å². The van der Waals surface area contributed by atoms with Crippen LogP contribution in [0, 0.1) is 0 Å². The normalized spacial score (nSPS) is 15.4. The number of alkyl halides is 10. The Morgan fingerprint density at radius 2 is 1.48 bits per heavy atom. The summed E-state index contributed by atoms with van der Waals surface area (Å²) in [4.78, 5) is 10.9. The number of rotatable bonds is 8. The number of halogens is 10. The molecule has 0 fully saturated rings. The molecule has 0 saturated carbocycles. The fraction of sp³-hybridized carbons (Fsp3) is 0.909. The van der Waals surface area contributed by atoms with E-state index in [-0.39, 0.29) is 6.42 Å². The largest absolute Gasteiger partial charge is 0.464 e. The zero-order valence-electron chi connectivity index (χ0n) is 11.5. The number of ether oxygens (including phenoxy) is 1. The molecule has 12 heteroatoms. The molecule has 0 aromatic heterocycles. The molecule has 0 aliphatic rings. The van der Waals surface area contributed by atoms with Crippen molar-refractivity contribution in [3.8, 4) is 0 Å². The van der Waals surface area contributed by atoms with Crippen LogP contribution >= 0.6 is 11.6 Å². The van der Waals surface area contributed by atoms with Crippen LogP contribution in [0.3, 0.4) is 0 Å². The van der Waals surface area contributed by atoms with E-state index in [1.165, 1.54) is 0 Å². The number of hydrogen-bond acceptors (Lipinski definition) is 2. The second kappa shape index (κ2) is 7.35. The third kappa shape index (κ3) is 5.05. The average Bonchev–Trinajstić information content (AvgIpc) is 2.34. The molecular formula is C11H12ClF9O2. The average molecular weight is 383 g/mol. The Bertz CT molecular complexity index is 409. The van der Waals surface area contributed by atoms with E-state index in [2.05, 4.69) is 4.74 Å². The second-order valence-electron chi connectivity index (χ2n) is 4.59. The van der Waals surface area contributed by atoms with Gasteiger partial charge in [0.2, 0.25) is 0 Å². The second-order valence-corrected chi connectivity index (χ2v) is 5.20. The van der Waals surface area contributed by atoms with Gasteiger partial charge in [-0.25, -0.2) is 0 Å². The van der Waals surface area contributed by atoms with Crippen LogP contribution in [-0.4, -0.2) is 41.9 Å². The Balaban J connectivity index is 5.00. The molecule has 1 atom stereocenters. The first-order chi connectivity index (χ1) is 10.1. The van der Waals surface area contributed by atoms with Crippen LogP contribution in [0.15, 0.2) is 0 Å². The molecule has 0 N–H and O–H groups in total. The van der Waals surface area contributed by atoms with Gasteiger partial charge in [0.15, 0.2) is 0 Å². The Morgan fingerprint density at radius 3 is 1.87 bits per heavy atom. The van der Waals surface area contributed by atoms with Crippen LogP contribution in [-0.2, 0) is 9.53 Å². The molecule has 0 rings (SSSR count). The molecule has 0 saturated heterocycles. The summed E-state index contributed by atoms with van der Waals surface area (Å²) in [6, 6.07) is 0. The maximum atomic E-state index is 13.2. The van der Waals surface area contributed by atoms with E-state index in [0.29, 0.717) is 6.42 Å². The van der Waals surface area contributed by atoms with Gasteiger partial charge in [-0.1, -0.05) is 6.92 Å². The zero-order valence-corrected chi connectivity index (χ0v) is 12.3. The fourth-order valence-corrected chi connectivity index (χ4v) is 1.59. The summed E-state index contributed by atoms with van der Waals surface area (Å²) in [5.74, 6) is -20.4. The standard InChI is InChI=1S/C11H12ClF9O2/c1-2-3-7(22)23-5-6(12)4-8(13,14)9(15,16)10(17,18)11(19,20)21/h6H,2-5H2,1H3. The van der Waals surface area contributed by atoms with Crippen molar-refractivity contribution in [3.05, 3.63) is 0 Å². The molecule has 0 heterocycles. The molecular weight excluding hydrogens is 371 g/mol. The van der Waals surface area contributed by atoms with E-state index in [1.807, 2.05) is 0 Å². The SMILES string of the molecule is CCCC(=O)OCC(Cl)CC(F)(F)C(F)(F)C(F)(F)C(F)(F)F. The van der Waals surface area contributed by atoms with Gasteiger partial charge in [0, 0.05) is 12.8 Å². The van der Waals surface area contributed by atoms with E-state index in [1.54, 1.807) is 6.92 Å². The highest BCUT2D eigenvalue weighted by Crippen LogP contribution is 2.54. The molecule has 138 valence electrons. The van der Waals surface area contributed by atoms with Crippen molar-refractivity contribution in [3.63, 3.8) is 0 Å². The molecule has 0 amide bonds. The van der Waals surface area contributed by atoms with E-state index < -0.39 is 48.3 Å². The van der Waals surface area contributed by atoms with Gasteiger partial charge in [-0.05, 0) is 6.42 Å². The Hall–Kier alpha value is -0.870. The summed E-state index contributed by atoms with van der Waals surface area (Å²) in [7, 11) is 0. The Morgan fingerprint density at radius 1 is 1.00 bits per heavy atom. The van der Waals surface area contributed by atoms with Crippen molar-refractivity contribution < 1.29 is 49.0 Å². The van der Waals surface area contributed by atoms with Crippen LogP contribution in [0.5, 0.6) is 0 Å². The maximum absolute atomic E-state index is 13.2. The lowest BCUT2D eigenvalue weighted by atomic mass is 9.99. The molecule has 0 bridgehead atoms. The summed E-state index contributed by atoms with van der Waals surface area (Å²) >= 11 is 5.16. The molecule has 0 aliphatic heterocycles. The molecule has 2 nitrogen and oxygen atoms in total. The van der Waals surface area contributed by atoms with Gasteiger partial charge in [0.05, 0.1) is 5.38 Å². The van der Waals surface area contributed by atoms with Crippen LogP contribution < -0.4 is 0 Å². The summed E-state index contributed by atoms with van der Waals surface area (Å²) in [6.45, 7) is 0.525. The first kappa shape index (κ1) is 22.1. The van der Waals surface area contributed by atoms with Crippen LogP contribution in [0.2, 0.25) is 0 Å². The third-order valence-corrected chi connectivity index (χ3v) is 2.85. The number of hydrogen-bond donors (Lipinski definition) is 0. The van der Waals surface area contributed by atoms with E-state index in [0.717, 1.165) is 0 Å². The van der Waals surface area contributed by atoms with Crippen molar-refractivity contribution in [2.45, 2.75) is 55.5 Å². The third-order valence-electron chi connectivity index (χ3n) is 2.57. The highest BCUT2D eigenvalue weighted by molar-refractivity contribution is 6.20. The Kier molecular flexibility index (Phi) is 7.07. The smallest absolute Gasteiger partial charge is 0.460 e. The van der Waals surface area contributed by atoms with Gasteiger partial charge in [-0.2, -0.15) is 39.5 Å². The van der Waals surface area contributed by atoms with Crippen LogP contribution in [0.1, 0.15) is 26.2 Å². The van der Waals surface area contributed by atoms with Crippen molar-refractivity contribution in [1.82, 2.24) is 0 Å². The number of carbonyl (C=O) groups excluding carboxylic acids is 1. The summed E-state index contributed by atoms with van der Waals surface area (Å²) in [6.07, 6.45) is -8.94. The summed E-state index contributed by atoms with van der Waals surface area (Å²) < 4.78 is 117. The van der Waals surface area contributed by atoms with Gasteiger partial charge >= 0.3 is 29.9 Å². The highest BCUT2D eigenvalue weighted by atomic mass is 35.5. The van der Waals surface area contributed by atoms with E-state index in [9.17, 15) is 44.3 Å². The van der Waals surface area contributed by atoms with Crippen molar-refractivity contribution in [2.24, 2.45) is 0 Å². The predicted octanol–water partition coefficient (Wildman–Crippen LogP) is 4.80. The first-order valence-corrected chi connectivity index (χ1v) is 6.53. The van der Waals surface area contributed by atoms with Crippen LogP contribution in [0.4, 0.5) is 39.5 Å². The number of carbonyl (C=O) groups is 1. The lowest BCUT2D eigenvalue weighted by molar-refractivity contribution is -0.396. The fourth-order valence-electron chi connectivity index (χ4n) is 1.33. The summed E-state index contributed by atoms with van der Waals surface area (Å²) in [5.41, 5.74) is 0. The Labute approximate surface area is 129 Å². The van der Waals surface area contributed by atoms with Crippen molar-refractivity contribution in [1.29, 1.82) is 0 Å². The quantitative estimate of drug-likeness (QED) is 0.342. The number of esters is 1. The van der Waals surface area contributed by atoms with E-state index in [4.69, 9.17) is 11.6 Å². The summed E-state index contributed by atoms with van der Waals surface area (Å²) in [5, 5.41) is -2.08. The van der Waals surface area contributed by atoms with Crippen molar-refractivity contribution >= 4 is 17.6 Å². The van der Waals surface area contributed by atoms with Gasteiger partial charge in [0.1, 0.15) is 6.61 Å². The van der Waals surface area contributed by atoms with Gasteiger partial charge in [-0.3, -0.25) is 4.79 Å². The van der Waals surface area contributed by atoms with E-state index >= 15 is 0 Å². The van der Waals surface area contributed by atoms with Gasteiger partial charge < -0.3 is 4.74 Å². The minimum Gasteiger partial charge on any atom is -0.464 e. The van der Waals surface area contributed by atoms with Crippen molar-refractivity contribution in [2.75, 3.05) is 6.61 Å². The zero-order chi connectivity index (χ0) is 18.7. The molecule has 0 aromatic carbocycles. The molecule has 0 spiro atoms. The monoisotopic (exact) mass is 382 g/mol. The first-order valence-electron chi connectivity index (χ1n) is 6.10. The lowest BCUT2D eigenvalue weighted by Gasteiger charge is -2.34. The molecule has 0 aliphatic carbocycles. The predicted molar refractivity (Wildman–Crippen MR) is 61.0 cm³/mol. The maximum Gasteiger partial charge on any atom is 0.460 e. The molecule has 23 heavy (non-hydrogen) atoms. The lowest BCUT2D eigenvalue weighted by Crippen LogP contribution is -2.61. The molecule has 0 aromatic rings. The van der Waals surface area contributed by atoms with Gasteiger partial charge in [0.25, 0.3) is 0 Å².